The molecule has 0 spiro atoms. The van der Waals surface area contributed by atoms with Gasteiger partial charge in [0.1, 0.15) is 0 Å². The molecule has 0 aromatic rings. The molecule has 3 saturated carbocycles. The Bertz CT molecular complexity index is 1300. The van der Waals surface area contributed by atoms with E-state index in [-0.39, 0.29) is 46.2 Å². The topological polar surface area (TPSA) is 228 Å². The average molecular weight is 995 g/mol. The summed E-state index contributed by atoms with van der Waals surface area (Å²) >= 11 is 0. The van der Waals surface area contributed by atoms with Crippen molar-refractivity contribution >= 4 is 23.9 Å². The van der Waals surface area contributed by atoms with Crippen molar-refractivity contribution in [3.8, 4) is 0 Å². The monoisotopic (exact) mass is 995 g/mol. The number of esters is 2. The van der Waals surface area contributed by atoms with Crippen LogP contribution in [0.1, 0.15) is 221 Å². The molecule has 13 nitrogen and oxygen atoms in total. The summed E-state index contributed by atoms with van der Waals surface area (Å²) in [7, 11) is 0. The van der Waals surface area contributed by atoms with E-state index >= 15 is 0 Å². The third-order valence-corrected chi connectivity index (χ3v) is 13.8. The molecular formula is C57H102O13. The van der Waals surface area contributed by atoms with Gasteiger partial charge in [0.05, 0.1) is 46.2 Å². The third kappa shape index (κ3) is 33.3. The number of carboxylic acids is 2. The standard InChI is InChI=1S/C18H28O6.C13H20O4.2C10H20.C6H14O3/c19-13-18(14-20)10-6-4-2-1-3-5-9-17(18,11-7-15(21)22)12-8-16(23)24;1-9(2)11(14)16-7-13(5,6)8-17-12(15)10(3)4;2*1-2-4-6-8-10-9-7-5-3-1;1-2-6(3-7,4-8)5-9/h7-8,11-12,19-20H,1-6,9-10,13-14H2,(H,21,22)(H,23,24);1,3,7-8H2,2,4-6H3;2*1-10H2;7-9H,2-5H2,1H3. The Hall–Kier alpha value is -3.36. The molecule has 0 atom stereocenters. The van der Waals surface area contributed by atoms with E-state index in [4.69, 9.17) is 35.0 Å². The molecule has 3 aliphatic carbocycles. The van der Waals surface area contributed by atoms with E-state index < -0.39 is 45.5 Å². The Morgan fingerprint density at radius 2 is 0.743 bits per heavy atom. The minimum absolute atomic E-state index is 0.156. The molecule has 0 radical (unpaired) electrons. The van der Waals surface area contributed by atoms with Crippen molar-refractivity contribution in [3.63, 3.8) is 0 Å². The Kier molecular flexibility index (Phi) is 41.4. The molecular weight excluding hydrogens is 893 g/mol. The van der Waals surface area contributed by atoms with Gasteiger partial charge in [0.25, 0.3) is 0 Å². The number of allylic oxidation sites excluding steroid dienone is 2. The molecule has 3 fully saturated rings. The maximum absolute atomic E-state index is 11.2. The van der Waals surface area contributed by atoms with Gasteiger partial charge in [-0.15, -0.1) is 0 Å². The second-order valence-corrected chi connectivity index (χ2v) is 20.9. The lowest BCUT2D eigenvalue weighted by Gasteiger charge is -2.46. The fourth-order valence-electron chi connectivity index (χ4n) is 8.43. The summed E-state index contributed by atoms with van der Waals surface area (Å²) in [5.74, 6) is -3.16. The minimum Gasteiger partial charge on any atom is -0.478 e. The molecule has 0 heterocycles. The second-order valence-electron chi connectivity index (χ2n) is 20.9. The number of ether oxygens (including phenoxy) is 2. The van der Waals surface area contributed by atoms with Crippen LogP contribution in [0, 0.1) is 21.7 Å². The van der Waals surface area contributed by atoms with E-state index in [1.807, 2.05) is 20.8 Å². The van der Waals surface area contributed by atoms with Gasteiger partial charge in [0.2, 0.25) is 0 Å². The molecule has 13 heteroatoms. The van der Waals surface area contributed by atoms with Gasteiger partial charge >= 0.3 is 23.9 Å². The van der Waals surface area contributed by atoms with Gasteiger partial charge in [0.15, 0.2) is 0 Å². The van der Waals surface area contributed by atoms with Gasteiger partial charge in [-0.25, -0.2) is 19.2 Å². The molecule has 0 aromatic heterocycles. The van der Waals surface area contributed by atoms with Gasteiger partial charge in [-0.3, -0.25) is 0 Å². The molecule has 0 bridgehead atoms. The molecule has 408 valence electrons. The molecule has 7 N–H and O–H groups in total. The van der Waals surface area contributed by atoms with Crippen molar-refractivity contribution < 1.29 is 64.4 Å². The number of carboxylic acid groups (broad SMARTS) is 2. The Balaban J connectivity index is 0. The molecule has 0 aromatic carbocycles. The third-order valence-electron chi connectivity index (χ3n) is 13.8. The number of aliphatic hydroxyl groups excluding tert-OH is 5. The number of rotatable bonds is 16. The van der Waals surface area contributed by atoms with Crippen LogP contribution in [0.5, 0.6) is 0 Å². The van der Waals surface area contributed by atoms with Crippen molar-refractivity contribution in [2.75, 3.05) is 46.2 Å². The summed E-state index contributed by atoms with van der Waals surface area (Å²) in [6, 6.07) is 0. The van der Waals surface area contributed by atoms with Crippen LogP contribution < -0.4 is 0 Å². The lowest BCUT2D eigenvalue weighted by atomic mass is 9.58. The molecule has 0 aliphatic heterocycles. The van der Waals surface area contributed by atoms with E-state index in [9.17, 15) is 29.4 Å². The van der Waals surface area contributed by atoms with Gasteiger partial charge in [-0.05, 0) is 33.1 Å². The predicted molar refractivity (Wildman–Crippen MR) is 281 cm³/mol. The van der Waals surface area contributed by atoms with Crippen molar-refractivity contribution in [3.05, 3.63) is 48.6 Å². The largest absolute Gasteiger partial charge is 0.478 e. The minimum atomic E-state index is -1.14. The maximum Gasteiger partial charge on any atom is 0.333 e. The first kappa shape index (κ1) is 68.7. The van der Waals surface area contributed by atoms with Crippen LogP contribution in [-0.2, 0) is 28.7 Å². The van der Waals surface area contributed by atoms with Crippen LogP contribution in [0.2, 0.25) is 0 Å². The summed E-state index contributed by atoms with van der Waals surface area (Å²) in [6.45, 7) is 14.8. The van der Waals surface area contributed by atoms with E-state index in [1.54, 1.807) is 13.8 Å². The first-order chi connectivity index (χ1) is 33.3. The molecule has 3 aliphatic rings. The average Bonchev–Trinajstić information content (AvgIpc) is 3.35. The normalized spacial score (nSPS) is 19.8. The lowest BCUT2D eigenvalue weighted by Crippen LogP contribution is -2.46. The zero-order valence-electron chi connectivity index (χ0n) is 44.8. The summed E-state index contributed by atoms with van der Waals surface area (Å²) in [6.07, 6.45) is 42.1. The highest BCUT2D eigenvalue weighted by Gasteiger charge is 2.47. The Morgan fingerprint density at radius 3 is 0.943 bits per heavy atom. The number of carbonyl (C=O) groups excluding carboxylic acids is 2. The van der Waals surface area contributed by atoms with E-state index in [1.165, 1.54) is 141 Å². The van der Waals surface area contributed by atoms with Gasteiger partial charge in [-0.1, -0.05) is 213 Å². The van der Waals surface area contributed by atoms with Crippen LogP contribution >= 0.6 is 0 Å². The highest BCUT2D eigenvalue weighted by atomic mass is 16.5. The zero-order valence-corrected chi connectivity index (χ0v) is 44.8. The van der Waals surface area contributed by atoms with Crippen LogP contribution in [0.3, 0.4) is 0 Å². The maximum atomic E-state index is 11.2. The van der Waals surface area contributed by atoms with Crippen molar-refractivity contribution in [2.24, 2.45) is 21.7 Å². The van der Waals surface area contributed by atoms with Gasteiger partial charge < -0.3 is 45.2 Å². The van der Waals surface area contributed by atoms with Crippen molar-refractivity contribution in [1.29, 1.82) is 0 Å². The van der Waals surface area contributed by atoms with Crippen LogP contribution in [0.25, 0.3) is 0 Å². The van der Waals surface area contributed by atoms with E-state index in [2.05, 4.69) is 13.2 Å². The molecule has 0 saturated heterocycles. The SMILES string of the molecule is C1CCCCCCCCC1.C1CCCCCCCCC1.C=C(C)C(=O)OCC(C)(C)COC(=O)C(=C)C.CCC(CO)(CO)CO.O=C(O)C=CC1(C=CC(=O)O)CCCCCCCCC1(CO)CO. The Labute approximate surface area is 424 Å². The summed E-state index contributed by atoms with van der Waals surface area (Å²) in [5, 5.41) is 64.1. The molecule has 70 heavy (non-hydrogen) atoms. The fraction of sp³-hybridized carbons (Fsp3) is 0.789. The highest BCUT2D eigenvalue weighted by molar-refractivity contribution is 5.87. The Morgan fingerprint density at radius 1 is 0.486 bits per heavy atom. The van der Waals surface area contributed by atoms with E-state index in [0.29, 0.717) is 30.4 Å². The second kappa shape index (κ2) is 42.2. The van der Waals surface area contributed by atoms with Crippen molar-refractivity contribution in [2.45, 2.75) is 221 Å². The smallest absolute Gasteiger partial charge is 0.333 e. The summed E-state index contributed by atoms with van der Waals surface area (Å²) in [5.41, 5.74) is -2.40. The number of hydrogen-bond acceptors (Lipinski definition) is 11. The lowest BCUT2D eigenvalue weighted by molar-refractivity contribution is -0.147. The quantitative estimate of drug-likeness (QED) is 0.0565. The van der Waals surface area contributed by atoms with E-state index in [0.717, 1.165) is 50.7 Å². The number of hydrogen-bond donors (Lipinski definition) is 7. The van der Waals surface area contributed by atoms with Crippen LogP contribution in [0.15, 0.2) is 48.6 Å². The molecule has 0 unspecified atom stereocenters. The van der Waals surface area contributed by atoms with Crippen LogP contribution in [0.4, 0.5) is 0 Å². The fourth-order valence-corrected chi connectivity index (χ4v) is 8.43. The number of carbonyl (C=O) groups is 4. The molecule has 3 rings (SSSR count). The highest BCUT2D eigenvalue weighted by Crippen LogP contribution is 2.50. The predicted octanol–water partition coefficient (Wildman–Crippen LogP) is 11.8. The summed E-state index contributed by atoms with van der Waals surface area (Å²) in [4.78, 5) is 44.5. The first-order valence-electron chi connectivity index (χ1n) is 26.9. The molecule has 0 amide bonds. The van der Waals surface area contributed by atoms with Crippen molar-refractivity contribution in [1.82, 2.24) is 0 Å². The van der Waals surface area contributed by atoms with Gasteiger partial charge in [0, 0.05) is 45.0 Å². The zero-order chi connectivity index (χ0) is 53.2. The number of aliphatic hydroxyl groups is 5. The van der Waals surface area contributed by atoms with Crippen LogP contribution in [-0.4, -0.2) is 106 Å². The number of aliphatic carboxylic acids is 2. The first-order valence-corrected chi connectivity index (χ1v) is 26.9. The summed E-state index contributed by atoms with van der Waals surface area (Å²) < 4.78 is 10.0. The van der Waals surface area contributed by atoms with Gasteiger partial charge in [-0.2, -0.15) is 0 Å².